The van der Waals surface area contributed by atoms with Gasteiger partial charge < -0.3 is 19.5 Å². The summed E-state index contributed by atoms with van der Waals surface area (Å²) in [5, 5.41) is 4.13. The number of rotatable bonds is 9. The van der Waals surface area contributed by atoms with Gasteiger partial charge in [-0.3, -0.25) is 4.90 Å². The third-order valence-corrected chi connectivity index (χ3v) is 4.95. The molecular weight excluding hydrogens is 364 g/mol. The van der Waals surface area contributed by atoms with Crippen molar-refractivity contribution >= 4 is 11.6 Å². The Morgan fingerprint density at radius 1 is 1.11 bits per heavy atom. The molecule has 1 N–H and O–H groups in total. The number of methoxy groups -OCH3 is 1. The first-order chi connectivity index (χ1) is 13.3. The zero-order valence-corrected chi connectivity index (χ0v) is 16.5. The topological polar surface area (TPSA) is 43.0 Å². The van der Waals surface area contributed by atoms with Gasteiger partial charge in [-0.05, 0) is 17.2 Å². The zero-order chi connectivity index (χ0) is 18.9. The van der Waals surface area contributed by atoms with Crippen molar-refractivity contribution in [2.75, 3.05) is 46.5 Å². The maximum atomic E-state index is 6.47. The largest absolute Gasteiger partial charge is 0.493 e. The van der Waals surface area contributed by atoms with Crippen molar-refractivity contribution in [3.05, 3.63) is 58.6 Å². The summed E-state index contributed by atoms with van der Waals surface area (Å²) >= 11 is 6.47. The summed E-state index contributed by atoms with van der Waals surface area (Å²) in [7, 11) is 1.65. The predicted molar refractivity (Wildman–Crippen MR) is 108 cm³/mol. The minimum Gasteiger partial charge on any atom is -0.493 e. The molecule has 146 valence electrons. The van der Waals surface area contributed by atoms with E-state index in [0.717, 1.165) is 50.5 Å². The van der Waals surface area contributed by atoms with Gasteiger partial charge in [0.1, 0.15) is 6.61 Å². The third-order valence-electron chi connectivity index (χ3n) is 4.59. The highest BCUT2D eigenvalue weighted by Crippen LogP contribution is 2.33. The van der Waals surface area contributed by atoms with Crippen LogP contribution in [-0.4, -0.2) is 51.4 Å². The maximum absolute atomic E-state index is 6.47. The average Bonchev–Trinajstić information content (AvgIpc) is 2.72. The van der Waals surface area contributed by atoms with E-state index in [1.807, 2.05) is 42.5 Å². The van der Waals surface area contributed by atoms with Crippen LogP contribution in [0.15, 0.2) is 42.5 Å². The fourth-order valence-electron chi connectivity index (χ4n) is 3.01. The highest BCUT2D eigenvalue weighted by molar-refractivity contribution is 6.31. The SMILES string of the molecule is COc1cc(CNCCN2CCOCC2)c(Cl)cc1OCc1ccccc1. The average molecular weight is 391 g/mol. The minimum atomic E-state index is 0.477. The summed E-state index contributed by atoms with van der Waals surface area (Å²) in [6, 6.07) is 13.8. The van der Waals surface area contributed by atoms with Crippen LogP contribution in [0.1, 0.15) is 11.1 Å². The number of ether oxygens (including phenoxy) is 3. The molecule has 5 nitrogen and oxygen atoms in total. The third kappa shape index (κ3) is 6.11. The Morgan fingerprint density at radius 2 is 1.89 bits per heavy atom. The van der Waals surface area contributed by atoms with Crippen LogP contribution in [0.4, 0.5) is 0 Å². The Kier molecular flexibility index (Phi) is 7.78. The molecule has 3 rings (SSSR count). The van der Waals surface area contributed by atoms with E-state index in [1.165, 1.54) is 0 Å². The van der Waals surface area contributed by atoms with Crippen LogP contribution in [0.25, 0.3) is 0 Å². The Labute approximate surface area is 166 Å². The van der Waals surface area contributed by atoms with Crippen molar-refractivity contribution in [2.45, 2.75) is 13.2 Å². The Bertz CT molecular complexity index is 706. The lowest BCUT2D eigenvalue weighted by Gasteiger charge is -2.26. The van der Waals surface area contributed by atoms with E-state index >= 15 is 0 Å². The lowest BCUT2D eigenvalue weighted by atomic mass is 10.2. The molecule has 1 aliphatic rings. The normalized spacial score (nSPS) is 14.9. The van der Waals surface area contributed by atoms with Crippen LogP contribution in [0.3, 0.4) is 0 Å². The molecule has 0 unspecified atom stereocenters. The van der Waals surface area contributed by atoms with Crippen molar-refractivity contribution in [3.8, 4) is 11.5 Å². The number of halogens is 1. The minimum absolute atomic E-state index is 0.477. The summed E-state index contributed by atoms with van der Waals surface area (Å²) < 4.78 is 16.8. The molecule has 1 saturated heterocycles. The molecule has 6 heteroatoms. The van der Waals surface area contributed by atoms with E-state index in [9.17, 15) is 0 Å². The van der Waals surface area contributed by atoms with E-state index in [1.54, 1.807) is 7.11 Å². The maximum Gasteiger partial charge on any atom is 0.163 e. The number of morpholine rings is 1. The van der Waals surface area contributed by atoms with Gasteiger partial charge in [-0.1, -0.05) is 41.9 Å². The van der Waals surface area contributed by atoms with E-state index < -0.39 is 0 Å². The zero-order valence-electron chi connectivity index (χ0n) is 15.7. The van der Waals surface area contributed by atoms with Crippen LogP contribution in [-0.2, 0) is 17.9 Å². The molecule has 1 aliphatic heterocycles. The summed E-state index contributed by atoms with van der Waals surface area (Å²) in [4.78, 5) is 2.40. The van der Waals surface area contributed by atoms with Gasteiger partial charge in [0.15, 0.2) is 11.5 Å². The van der Waals surface area contributed by atoms with Crippen molar-refractivity contribution < 1.29 is 14.2 Å². The molecule has 0 spiro atoms. The van der Waals surface area contributed by atoms with Gasteiger partial charge in [-0.25, -0.2) is 0 Å². The second-order valence-electron chi connectivity index (χ2n) is 6.50. The molecule has 0 saturated carbocycles. The smallest absolute Gasteiger partial charge is 0.163 e. The summed E-state index contributed by atoms with van der Waals surface area (Å²) in [5.41, 5.74) is 2.10. The first kappa shape index (κ1) is 20.0. The molecule has 1 fully saturated rings. The fourth-order valence-corrected chi connectivity index (χ4v) is 3.23. The van der Waals surface area contributed by atoms with Crippen molar-refractivity contribution in [3.63, 3.8) is 0 Å². The second kappa shape index (κ2) is 10.5. The lowest BCUT2D eigenvalue weighted by molar-refractivity contribution is 0.0384. The van der Waals surface area contributed by atoms with E-state index in [4.69, 9.17) is 25.8 Å². The monoisotopic (exact) mass is 390 g/mol. The Balaban J connectivity index is 1.53. The number of hydrogen-bond donors (Lipinski definition) is 1. The van der Waals surface area contributed by atoms with Crippen LogP contribution in [0, 0.1) is 0 Å². The second-order valence-corrected chi connectivity index (χ2v) is 6.91. The van der Waals surface area contributed by atoms with Crippen molar-refractivity contribution in [1.82, 2.24) is 10.2 Å². The van der Waals surface area contributed by atoms with Gasteiger partial charge in [0.05, 0.1) is 20.3 Å². The number of nitrogens with one attached hydrogen (secondary N) is 1. The van der Waals surface area contributed by atoms with Gasteiger partial charge in [0.25, 0.3) is 0 Å². The number of benzene rings is 2. The van der Waals surface area contributed by atoms with Gasteiger partial charge in [-0.2, -0.15) is 0 Å². The predicted octanol–water partition coefficient (Wildman–Crippen LogP) is 3.35. The van der Waals surface area contributed by atoms with Gasteiger partial charge in [0.2, 0.25) is 0 Å². The molecule has 1 heterocycles. The molecule has 0 bridgehead atoms. The van der Waals surface area contributed by atoms with Crippen molar-refractivity contribution in [1.29, 1.82) is 0 Å². The first-order valence-corrected chi connectivity index (χ1v) is 9.68. The fraction of sp³-hybridized carbons (Fsp3) is 0.429. The lowest BCUT2D eigenvalue weighted by Crippen LogP contribution is -2.40. The molecule has 0 aliphatic carbocycles. The Hall–Kier alpha value is -1.79. The van der Waals surface area contributed by atoms with Crippen LogP contribution in [0.2, 0.25) is 5.02 Å². The molecule has 0 amide bonds. The standard InChI is InChI=1S/C21H27ClN2O3/c1-25-20-13-18(15-23-7-8-24-9-11-26-12-10-24)19(22)14-21(20)27-16-17-5-3-2-4-6-17/h2-6,13-14,23H,7-12,15-16H2,1H3. The van der Waals surface area contributed by atoms with Crippen LogP contribution >= 0.6 is 11.6 Å². The molecular formula is C21H27ClN2O3. The molecule has 2 aromatic carbocycles. The van der Waals surface area contributed by atoms with Gasteiger partial charge in [-0.15, -0.1) is 0 Å². The molecule has 0 aromatic heterocycles. The van der Waals surface area contributed by atoms with Gasteiger partial charge in [0, 0.05) is 43.8 Å². The van der Waals surface area contributed by atoms with Crippen molar-refractivity contribution in [2.24, 2.45) is 0 Å². The summed E-state index contributed by atoms with van der Waals surface area (Å²) in [5.74, 6) is 1.35. The first-order valence-electron chi connectivity index (χ1n) is 9.30. The van der Waals surface area contributed by atoms with Crippen LogP contribution in [0.5, 0.6) is 11.5 Å². The molecule has 27 heavy (non-hydrogen) atoms. The Morgan fingerprint density at radius 3 is 2.63 bits per heavy atom. The van der Waals surface area contributed by atoms with E-state index in [2.05, 4.69) is 10.2 Å². The molecule has 0 radical (unpaired) electrons. The van der Waals surface area contributed by atoms with Gasteiger partial charge >= 0.3 is 0 Å². The molecule has 2 aromatic rings. The highest BCUT2D eigenvalue weighted by Gasteiger charge is 2.12. The summed E-state index contributed by atoms with van der Waals surface area (Å²) in [6.07, 6.45) is 0. The van der Waals surface area contributed by atoms with Crippen LogP contribution < -0.4 is 14.8 Å². The van der Waals surface area contributed by atoms with E-state index in [0.29, 0.717) is 29.7 Å². The quantitative estimate of drug-likeness (QED) is 0.665. The number of nitrogens with zero attached hydrogens (tertiary/aromatic N) is 1. The highest BCUT2D eigenvalue weighted by atomic mass is 35.5. The van der Waals surface area contributed by atoms with E-state index in [-0.39, 0.29) is 0 Å². The number of hydrogen-bond acceptors (Lipinski definition) is 5. The summed E-state index contributed by atoms with van der Waals surface area (Å²) in [6.45, 7) is 6.75. The molecule has 0 atom stereocenters.